The Labute approximate surface area is 108 Å². The largest absolute Gasteiger partial charge is 0.405 e. The molecule has 0 spiro atoms. The Morgan fingerprint density at radius 1 is 1.26 bits per heavy atom. The predicted octanol–water partition coefficient (Wildman–Crippen LogP) is -0.840. The Balaban J connectivity index is 2.13. The Bertz CT molecular complexity index is 317. The number of hydrogen-bond donors (Lipinski definition) is 3. The number of hydrogen-bond acceptors (Lipinski definition) is 4. The zero-order valence-electron chi connectivity index (χ0n) is 10.2. The van der Waals surface area contributed by atoms with E-state index in [0.717, 1.165) is 0 Å². The van der Waals surface area contributed by atoms with Crippen LogP contribution in [0.1, 0.15) is 6.42 Å². The molecule has 1 saturated heterocycles. The van der Waals surface area contributed by atoms with E-state index in [1.54, 1.807) is 5.32 Å². The van der Waals surface area contributed by atoms with Crippen LogP contribution in [-0.2, 0) is 14.3 Å². The van der Waals surface area contributed by atoms with Crippen molar-refractivity contribution in [1.82, 2.24) is 16.0 Å². The smallest absolute Gasteiger partial charge is 0.378 e. The first-order valence-corrected chi connectivity index (χ1v) is 5.78. The first-order chi connectivity index (χ1) is 8.87. The zero-order valence-corrected chi connectivity index (χ0v) is 10.2. The highest BCUT2D eigenvalue weighted by molar-refractivity contribution is 5.84. The average Bonchev–Trinajstić information content (AvgIpc) is 2.34. The number of halogens is 3. The van der Waals surface area contributed by atoms with Gasteiger partial charge in [-0.3, -0.25) is 9.59 Å². The number of morpholine rings is 1. The second-order valence-electron chi connectivity index (χ2n) is 4.10. The SMILES string of the molecule is O=C(CNC(=O)CC1COCCN1)NCC(F)(F)F. The van der Waals surface area contributed by atoms with Crippen molar-refractivity contribution in [3.8, 4) is 0 Å². The highest BCUT2D eigenvalue weighted by Crippen LogP contribution is 2.11. The number of carbonyl (C=O) groups excluding carboxylic acids is 2. The molecule has 0 aromatic carbocycles. The molecule has 9 heteroatoms. The molecule has 6 nitrogen and oxygen atoms in total. The van der Waals surface area contributed by atoms with E-state index in [0.29, 0.717) is 19.8 Å². The van der Waals surface area contributed by atoms with Crippen molar-refractivity contribution >= 4 is 11.8 Å². The van der Waals surface area contributed by atoms with Crippen LogP contribution in [0.3, 0.4) is 0 Å². The van der Waals surface area contributed by atoms with E-state index in [1.165, 1.54) is 0 Å². The van der Waals surface area contributed by atoms with Gasteiger partial charge in [0.05, 0.1) is 19.8 Å². The summed E-state index contributed by atoms with van der Waals surface area (Å²) in [5.41, 5.74) is 0. The fourth-order valence-corrected chi connectivity index (χ4v) is 1.49. The van der Waals surface area contributed by atoms with E-state index in [-0.39, 0.29) is 12.5 Å². The molecular weight excluding hydrogens is 267 g/mol. The number of rotatable bonds is 5. The van der Waals surface area contributed by atoms with E-state index < -0.39 is 31.1 Å². The highest BCUT2D eigenvalue weighted by atomic mass is 19.4. The molecule has 0 aromatic rings. The summed E-state index contributed by atoms with van der Waals surface area (Å²) in [5, 5.41) is 6.96. The Kier molecular flexibility index (Phi) is 6.03. The van der Waals surface area contributed by atoms with E-state index in [1.807, 2.05) is 0 Å². The van der Waals surface area contributed by atoms with Crippen LogP contribution in [-0.4, -0.2) is 56.9 Å². The van der Waals surface area contributed by atoms with Crippen molar-refractivity contribution in [2.75, 3.05) is 32.8 Å². The van der Waals surface area contributed by atoms with Gasteiger partial charge in [-0.25, -0.2) is 0 Å². The lowest BCUT2D eigenvalue weighted by molar-refractivity contribution is -0.138. The van der Waals surface area contributed by atoms with Crippen molar-refractivity contribution in [2.24, 2.45) is 0 Å². The summed E-state index contributed by atoms with van der Waals surface area (Å²) in [5.74, 6) is -1.29. The Morgan fingerprint density at radius 3 is 2.58 bits per heavy atom. The third-order valence-corrected chi connectivity index (χ3v) is 2.36. The molecule has 1 rings (SSSR count). The van der Waals surface area contributed by atoms with Crippen molar-refractivity contribution in [1.29, 1.82) is 0 Å². The van der Waals surface area contributed by atoms with Crippen LogP contribution >= 0.6 is 0 Å². The summed E-state index contributed by atoms with van der Waals surface area (Å²) in [4.78, 5) is 22.4. The van der Waals surface area contributed by atoms with Gasteiger partial charge in [-0.1, -0.05) is 0 Å². The van der Waals surface area contributed by atoms with E-state index in [9.17, 15) is 22.8 Å². The van der Waals surface area contributed by atoms with Crippen LogP contribution in [0.4, 0.5) is 13.2 Å². The molecule has 1 fully saturated rings. The number of carbonyl (C=O) groups is 2. The minimum atomic E-state index is -4.46. The summed E-state index contributed by atoms with van der Waals surface area (Å²) in [6, 6.07) is -0.132. The van der Waals surface area contributed by atoms with Gasteiger partial charge < -0.3 is 20.7 Å². The molecule has 0 radical (unpaired) electrons. The summed E-state index contributed by atoms with van der Waals surface area (Å²) < 4.78 is 40.5. The van der Waals surface area contributed by atoms with Crippen LogP contribution in [0.5, 0.6) is 0 Å². The minimum absolute atomic E-state index is 0.118. The quantitative estimate of drug-likeness (QED) is 0.615. The topological polar surface area (TPSA) is 79.5 Å². The molecule has 2 amide bonds. The van der Waals surface area contributed by atoms with Crippen LogP contribution in [0.25, 0.3) is 0 Å². The number of amides is 2. The maximum absolute atomic E-state index is 11.8. The fourth-order valence-electron chi connectivity index (χ4n) is 1.49. The standard InChI is InChI=1S/C10H16F3N3O3/c11-10(12,13)6-16-9(18)4-15-8(17)3-7-5-19-2-1-14-7/h7,14H,1-6H2,(H,15,17)(H,16,18). The molecule has 0 saturated carbocycles. The van der Waals surface area contributed by atoms with Gasteiger partial charge in [0.1, 0.15) is 6.54 Å². The summed E-state index contributed by atoms with van der Waals surface area (Å²) in [6.07, 6.45) is -4.34. The molecule has 1 unspecified atom stereocenters. The van der Waals surface area contributed by atoms with Crippen LogP contribution in [0.15, 0.2) is 0 Å². The molecular formula is C10H16F3N3O3. The molecule has 1 aliphatic heterocycles. The molecule has 19 heavy (non-hydrogen) atoms. The van der Waals surface area contributed by atoms with Gasteiger partial charge >= 0.3 is 6.18 Å². The molecule has 110 valence electrons. The Morgan fingerprint density at radius 2 is 2.00 bits per heavy atom. The molecule has 3 N–H and O–H groups in total. The monoisotopic (exact) mass is 283 g/mol. The van der Waals surface area contributed by atoms with E-state index in [2.05, 4.69) is 10.6 Å². The highest BCUT2D eigenvalue weighted by Gasteiger charge is 2.27. The van der Waals surface area contributed by atoms with E-state index >= 15 is 0 Å². The van der Waals surface area contributed by atoms with Crippen molar-refractivity contribution in [3.05, 3.63) is 0 Å². The van der Waals surface area contributed by atoms with Crippen molar-refractivity contribution in [3.63, 3.8) is 0 Å². The lowest BCUT2D eigenvalue weighted by Crippen LogP contribution is -2.46. The van der Waals surface area contributed by atoms with Gasteiger partial charge in [-0.05, 0) is 0 Å². The summed E-state index contributed by atoms with van der Waals surface area (Å²) >= 11 is 0. The van der Waals surface area contributed by atoms with Crippen LogP contribution in [0, 0.1) is 0 Å². The summed E-state index contributed by atoms with van der Waals surface area (Å²) in [6.45, 7) is -0.252. The maximum Gasteiger partial charge on any atom is 0.405 e. The van der Waals surface area contributed by atoms with Gasteiger partial charge in [0.25, 0.3) is 0 Å². The van der Waals surface area contributed by atoms with Gasteiger partial charge in [-0.15, -0.1) is 0 Å². The van der Waals surface area contributed by atoms with E-state index in [4.69, 9.17) is 4.74 Å². The van der Waals surface area contributed by atoms with Crippen molar-refractivity contribution < 1.29 is 27.5 Å². The van der Waals surface area contributed by atoms with Crippen LogP contribution in [0.2, 0.25) is 0 Å². The first-order valence-electron chi connectivity index (χ1n) is 5.78. The second-order valence-corrected chi connectivity index (χ2v) is 4.10. The Hall–Kier alpha value is -1.35. The third kappa shape index (κ3) is 7.62. The summed E-state index contributed by atoms with van der Waals surface area (Å²) in [7, 11) is 0. The average molecular weight is 283 g/mol. The molecule has 1 atom stereocenters. The predicted molar refractivity (Wildman–Crippen MR) is 59.3 cm³/mol. The molecule has 0 aromatic heterocycles. The number of nitrogens with one attached hydrogen (secondary N) is 3. The lowest BCUT2D eigenvalue weighted by Gasteiger charge is -2.23. The van der Waals surface area contributed by atoms with Crippen molar-refractivity contribution in [2.45, 2.75) is 18.6 Å². The van der Waals surface area contributed by atoms with Crippen LogP contribution < -0.4 is 16.0 Å². The van der Waals surface area contributed by atoms with Gasteiger partial charge in [0.15, 0.2) is 0 Å². The first kappa shape index (κ1) is 15.7. The molecule has 0 bridgehead atoms. The molecule has 1 heterocycles. The second kappa shape index (κ2) is 7.29. The lowest BCUT2D eigenvalue weighted by atomic mass is 10.2. The fraction of sp³-hybridized carbons (Fsp3) is 0.800. The zero-order chi connectivity index (χ0) is 14.3. The number of ether oxygens (including phenoxy) is 1. The maximum atomic E-state index is 11.8. The number of alkyl halides is 3. The third-order valence-electron chi connectivity index (χ3n) is 2.36. The normalized spacial score (nSPS) is 19.8. The van der Waals surface area contributed by atoms with Gasteiger partial charge in [-0.2, -0.15) is 13.2 Å². The van der Waals surface area contributed by atoms with Gasteiger partial charge in [0.2, 0.25) is 11.8 Å². The minimum Gasteiger partial charge on any atom is -0.378 e. The van der Waals surface area contributed by atoms with Gasteiger partial charge in [0, 0.05) is 19.0 Å². The molecule has 0 aliphatic carbocycles. The molecule has 1 aliphatic rings.